The van der Waals surface area contributed by atoms with Gasteiger partial charge in [-0.25, -0.2) is 0 Å². The number of nitrogens with one attached hydrogen (secondary N) is 2. The molecule has 0 bridgehead atoms. The van der Waals surface area contributed by atoms with Gasteiger partial charge in [-0.1, -0.05) is 12.1 Å². The maximum Gasteiger partial charge on any atom is 0.256 e. The molecule has 2 N–H and O–H groups in total. The van der Waals surface area contributed by atoms with Gasteiger partial charge in [-0.15, -0.1) is 11.3 Å². The molecule has 1 unspecified atom stereocenters. The number of benzene rings is 1. The Morgan fingerprint density at radius 2 is 2.04 bits per heavy atom. The average Bonchev–Trinajstić information content (AvgIpc) is 3.05. The predicted octanol–water partition coefficient (Wildman–Crippen LogP) is 3.39. The predicted molar refractivity (Wildman–Crippen MR) is 107 cm³/mol. The van der Waals surface area contributed by atoms with E-state index in [0.29, 0.717) is 17.5 Å². The third-order valence-corrected chi connectivity index (χ3v) is 6.49. The van der Waals surface area contributed by atoms with Crippen molar-refractivity contribution in [1.29, 1.82) is 0 Å². The molecule has 2 aliphatic rings. The fourth-order valence-corrected chi connectivity index (χ4v) is 5.17. The average molecular weight is 388 g/mol. The molecule has 27 heavy (non-hydrogen) atoms. The number of nitrogens with zero attached hydrogens (tertiary/aromatic N) is 1. The number of anilines is 1. The molecule has 0 aliphatic carbocycles. The summed E-state index contributed by atoms with van der Waals surface area (Å²) >= 11 is 1.70. The van der Waals surface area contributed by atoms with Crippen molar-refractivity contribution in [3.05, 3.63) is 39.8 Å². The normalized spacial score (nSPS) is 19.1. The number of fused-ring (bicyclic) bond motifs is 3. The molecule has 0 fully saturated rings. The molecular formula is C20H25N3O3S. The van der Waals surface area contributed by atoms with Gasteiger partial charge in [-0.05, 0) is 31.9 Å². The lowest BCUT2D eigenvalue weighted by Crippen LogP contribution is -2.39. The van der Waals surface area contributed by atoms with Crippen LogP contribution < -0.4 is 20.1 Å². The Kier molecular flexibility index (Phi) is 4.74. The van der Waals surface area contributed by atoms with E-state index in [4.69, 9.17) is 9.47 Å². The van der Waals surface area contributed by atoms with Crippen LogP contribution in [0.15, 0.2) is 18.2 Å². The van der Waals surface area contributed by atoms with Crippen molar-refractivity contribution in [3.63, 3.8) is 0 Å². The number of thiophene rings is 1. The second-order valence-corrected chi connectivity index (χ2v) is 8.26. The molecule has 1 atom stereocenters. The fraction of sp³-hybridized carbons (Fsp3) is 0.450. The zero-order valence-corrected chi connectivity index (χ0v) is 16.9. The van der Waals surface area contributed by atoms with E-state index in [1.807, 2.05) is 18.2 Å². The molecule has 0 saturated heterocycles. The van der Waals surface area contributed by atoms with Gasteiger partial charge in [0.2, 0.25) is 0 Å². The number of methoxy groups -OCH3 is 2. The topological polar surface area (TPSA) is 62.8 Å². The van der Waals surface area contributed by atoms with Gasteiger partial charge >= 0.3 is 0 Å². The zero-order valence-electron chi connectivity index (χ0n) is 16.1. The molecule has 1 aromatic heterocycles. The smallest absolute Gasteiger partial charge is 0.256 e. The highest BCUT2D eigenvalue weighted by atomic mass is 32.1. The van der Waals surface area contributed by atoms with Crippen LogP contribution in [0.5, 0.6) is 11.5 Å². The molecule has 6 nitrogen and oxygen atoms in total. The summed E-state index contributed by atoms with van der Waals surface area (Å²) in [5.41, 5.74) is 2.87. The Labute approximate surface area is 163 Å². The third kappa shape index (κ3) is 3.04. The van der Waals surface area contributed by atoms with Crippen molar-refractivity contribution in [1.82, 2.24) is 10.2 Å². The SMILES string of the molecule is COc1cccc(C2NC(=O)c3c(sc4c3CCN(C(C)C)C4)N2)c1OC. The Bertz CT molecular complexity index is 878. The van der Waals surface area contributed by atoms with Crippen LogP contribution in [-0.2, 0) is 13.0 Å². The Hall–Kier alpha value is -2.25. The van der Waals surface area contributed by atoms with Crippen LogP contribution in [0.1, 0.15) is 46.4 Å². The van der Waals surface area contributed by atoms with E-state index in [0.717, 1.165) is 35.6 Å². The van der Waals surface area contributed by atoms with Gasteiger partial charge in [-0.2, -0.15) is 0 Å². The summed E-state index contributed by atoms with van der Waals surface area (Å²) in [6, 6.07) is 6.20. The van der Waals surface area contributed by atoms with Gasteiger partial charge in [0.1, 0.15) is 11.2 Å². The van der Waals surface area contributed by atoms with Crippen molar-refractivity contribution in [2.75, 3.05) is 26.1 Å². The molecule has 3 heterocycles. The first kappa shape index (κ1) is 18.1. The summed E-state index contributed by atoms with van der Waals surface area (Å²) in [7, 11) is 3.22. The minimum Gasteiger partial charge on any atom is -0.493 e. The highest BCUT2D eigenvalue weighted by Gasteiger charge is 2.34. The number of hydrogen-bond donors (Lipinski definition) is 2. The number of carbonyl (C=O) groups excluding carboxylic acids is 1. The number of amides is 1. The van der Waals surface area contributed by atoms with E-state index in [1.165, 1.54) is 10.4 Å². The maximum atomic E-state index is 12.9. The molecule has 2 aromatic rings. The van der Waals surface area contributed by atoms with Crippen molar-refractivity contribution >= 4 is 22.2 Å². The summed E-state index contributed by atoms with van der Waals surface area (Å²) in [4.78, 5) is 16.7. The van der Waals surface area contributed by atoms with Crippen molar-refractivity contribution in [2.24, 2.45) is 0 Å². The summed E-state index contributed by atoms with van der Waals surface area (Å²) < 4.78 is 10.9. The molecule has 1 aromatic carbocycles. The zero-order chi connectivity index (χ0) is 19.1. The highest BCUT2D eigenvalue weighted by Crippen LogP contribution is 2.43. The van der Waals surface area contributed by atoms with Gasteiger partial charge in [0.25, 0.3) is 5.91 Å². The largest absolute Gasteiger partial charge is 0.493 e. The first-order valence-electron chi connectivity index (χ1n) is 9.20. The van der Waals surface area contributed by atoms with E-state index in [9.17, 15) is 4.79 Å². The summed E-state index contributed by atoms with van der Waals surface area (Å²) in [5.74, 6) is 1.26. The number of hydrogen-bond acceptors (Lipinski definition) is 6. The molecule has 0 saturated carbocycles. The Morgan fingerprint density at radius 3 is 2.74 bits per heavy atom. The first-order valence-corrected chi connectivity index (χ1v) is 10.0. The molecule has 7 heteroatoms. The third-order valence-electron chi connectivity index (χ3n) is 5.34. The second kappa shape index (κ2) is 7.05. The molecule has 2 aliphatic heterocycles. The molecule has 0 spiro atoms. The summed E-state index contributed by atoms with van der Waals surface area (Å²) in [5, 5.41) is 7.54. The van der Waals surface area contributed by atoms with Crippen LogP contribution in [0.4, 0.5) is 5.00 Å². The van der Waals surface area contributed by atoms with Gasteiger partial charge in [0.05, 0.1) is 19.8 Å². The number of rotatable bonds is 4. The lowest BCUT2D eigenvalue weighted by molar-refractivity contribution is 0.0934. The monoisotopic (exact) mass is 387 g/mol. The van der Waals surface area contributed by atoms with E-state index in [1.54, 1.807) is 25.6 Å². The van der Waals surface area contributed by atoms with Crippen molar-refractivity contribution < 1.29 is 14.3 Å². The van der Waals surface area contributed by atoms with Crippen LogP contribution >= 0.6 is 11.3 Å². The van der Waals surface area contributed by atoms with Gasteiger partial charge in [0, 0.05) is 29.6 Å². The first-order chi connectivity index (χ1) is 13.0. The number of ether oxygens (including phenoxy) is 2. The van der Waals surface area contributed by atoms with Crippen LogP contribution in [0.3, 0.4) is 0 Å². The minimum absolute atomic E-state index is 0.0193. The molecule has 0 radical (unpaired) electrons. The quantitative estimate of drug-likeness (QED) is 0.842. The summed E-state index contributed by atoms with van der Waals surface area (Å²) in [6.45, 7) is 6.34. The highest BCUT2D eigenvalue weighted by molar-refractivity contribution is 7.16. The van der Waals surface area contributed by atoms with E-state index < -0.39 is 0 Å². The van der Waals surface area contributed by atoms with E-state index in [2.05, 4.69) is 29.4 Å². The van der Waals surface area contributed by atoms with Crippen molar-refractivity contribution in [3.8, 4) is 11.5 Å². The lowest BCUT2D eigenvalue weighted by atomic mass is 9.99. The van der Waals surface area contributed by atoms with E-state index >= 15 is 0 Å². The van der Waals surface area contributed by atoms with Gasteiger partial charge in [-0.3, -0.25) is 9.69 Å². The fourth-order valence-electron chi connectivity index (χ4n) is 3.87. The maximum absolute atomic E-state index is 12.9. The number of carbonyl (C=O) groups is 1. The standard InChI is InChI=1S/C20H25N3O3S/c1-11(2)23-9-8-12-15(10-23)27-20-16(12)19(24)21-18(22-20)13-6-5-7-14(25-3)17(13)26-4/h5-7,11,18,22H,8-10H2,1-4H3,(H,21,24). The van der Waals surface area contributed by atoms with Gasteiger partial charge < -0.3 is 20.1 Å². The second-order valence-electron chi connectivity index (χ2n) is 7.16. The lowest BCUT2D eigenvalue weighted by Gasteiger charge is -2.31. The number of para-hydroxylation sites is 1. The molecule has 144 valence electrons. The molecule has 4 rings (SSSR count). The van der Waals surface area contributed by atoms with E-state index in [-0.39, 0.29) is 12.1 Å². The van der Waals surface area contributed by atoms with Crippen LogP contribution in [0.2, 0.25) is 0 Å². The Balaban J connectivity index is 1.68. The summed E-state index contributed by atoms with van der Waals surface area (Å²) in [6.07, 6.45) is 0.568. The van der Waals surface area contributed by atoms with Crippen LogP contribution in [0, 0.1) is 0 Å². The Morgan fingerprint density at radius 1 is 1.22 bits per heavy atom. The van der Waals surface area contributed by atoms with Crippen molar-refractivity contribution in [2.45, 2.75) is 39.0 Å². The van der Waals surface area contributed by atoms with Gasteiger partial charge in [0.15, 0.2) is 11.5 Å². The minimum atomic E-state index is -0.351. The molecule has 1 amide bonds. The van der Waals surface area contributed by atoms with Crippen LogP contribution in [-0.4, -0.2) is 37.6 Å². The molecular weight excluding hydrogens is 362 g/mol. The van der Waals surface area contributed by atoms with Crippen LogP contribution in [0.25, 0.3) is 0 Å².